The topological polar surface area (TPSA) is 98.9 Å². The van der Waals surface area contributed by atoms with Gasteiger partial charge in [-0.15, -0.1) is 0 Å². The number of aromatic nitrogens is 1. The SMILES string of the molecule is O=C(O)c1cc(=O)c2ccc(COc3ccc(OCc4ccc5ccccc5n4)cc3)cc2o1. The van der Waals surface area contributed by atoms with E-state index in [1.54, 1.807) is 30.3 Å². The van der Waals surface area contributed by atoms with Gasteiger partial charge in [-0.1, -0.05) is 30.3 Å². The number of carboxylic acid groups (broad SMARTS) is 1. The highest BCUT2D eigenvalue weighted by Gasteiger charge is 2.11. The molecule has 0 bridgehead atoms. The van der Waals surface area contributed by atoms with Gasteiger partial charge in [0.05, 0.1) is 16.6 Å². The van der Waals surface area contributed by atoms with Crippen molar-refractivity contribution in [2.75, 3.05) is 0 Å². The minimum atomic E-state index is -1.29. The Kier molecular flexibility index (Phi) is 5.66. The molecule has 0 aliphatic heterocycles. The van der Waals surface area contributed by atoms with Crippen LogP contribution in [0.4, 0.5) is 0 Å². The summed E-state index contributed by atoms with van der Waals surface area (Å²) in [6.45, 7) is 0.573. The first-order valence-corrected chi connectivity index (χ1v) is 10.6. The Bertz CT molecular complexity index is 1560. The highest BCUT2D eigenvalue weighted by molar-refractivity contribution is 5.87. The van der Waals surface area contributed by atoms with Gasteiger partial charge in [0.1, 0.15) is 30.3 Å². The summed E-state index contributed by atoms with van der Waals surface area (Å²) < 4.78 is 17.0. The molecular weight excluding hydrogens is 434 g/mol. The van der Waals surface area contributed by atoms with Gasteiger partial charge < -0.3 is 19.0 Å². The summed E-state index contributed by atoms with van der Waals surface area (Å²) >= 11 is 0. The molecule has 5 rings (SSSR count). The lowest BCUT2D eigenvalue weighted by Crippen LogP contribution is -2.06. The third-order valence-electron chi connectivity index (χ3n) is 5.28. The largest absolute Gasteiger partial charge is 0.489 e. The van der Waals surface area contributed by atoms with Crippen LogP contribution in [-0.4, -0.2) is 16.1 Å². The number of rotatable bonds is 7. The minimum Gasteiger partial charge on any atom is -0.489 e. The summed E-state index contributed by atoms with van der Waals surface area (Å²) in [5.74, 6) is -0.364. The molecule has 0 aliphatic rings. The number of ether oxygens (including phenoxy) is 2. The number of pyridine rings is 1. The summed E-state index contributed by atoms with van der Waals surface area (Å²) in [7, 11) is 0. The molecule has 0 atom stereocenters. The van der Waals surface area contributed by atoms with Crippen molar-refractivity contribution in [1.82, 2.24) is 4.98 Å². The summed E-state index contributed by atoms with van der Waals surface area (Å²) in [6, 6.07) is 25.1. The Morgan fingerprint density at radius 2 is 1.59 bits per heavy atom. The first-order valence-electron chi connectivity index (χ1n) is 10.6. The molecule has 168 valence electrons. The van der Waals surface area contributed by atoms with Gasteiger partial charge in [-0.3, -0.25) is 4.79 Å². The van der Waals surface area contributed by atoms with Crippen molar-refractivity contribution in [2.24, 2.45) is 0 Å². The Hall–Kier alpha value is -4.65. The molecule has 2 aromatic heterocycles. The second kappa shape index (κ2) is 9.07. The highest BCUT2D eigenvalue weighted by Crippen LogP contribution is 2.21. The van der Waals surface area contributed by atoms with E-state index in [0.29, 0.717) is 23.5 Å². The maximum absolute atomic E-state index is 12.1. The van der Waals surface area contributed by atoms with E-state index in [2.05, 4.69) is 4.98 Å². The molecule has 7 nitrogen and oxygen atoms in total. The van der Waals surface area contributed by atoms with E-state index in [1.807, 2.05) is 48.5 Å². The number of aromatic carboxylic acids is 1. The molecule has 0 fully saturated rings. The lowest BCUT2D eigenvalue weighted by molar-refractivity contribution is 0.0663. The van der Waals surface area contributed by atoms with E-state index in [1.165, 1.54) is 0 Å². The fraction of sp³-hybridized carbons (Fsp3) is 0.0741. The molecule has 0 saturated heterocycles. The normalized spacial score (nSPS) is 10.9. The number of nitrogens with zero attached hydrogens (tertiary/aromatic N) is 1. The van der Waals surface area contributed by atoms with Crippen LogP contribution in [0.1, 0.15) is 21.8 Å². The smallest absolute Gasteiger partial charge is 0.371 e. The van der Waals surface area contributed by atoms with E-state index in [9.17, 15) is 9.59 Å². The second-order valence-electron chi connectivity index (χ2n) is 7.65. The lowest BCUT2D eigenvalue weighted by Gasteiger charge is -2.09. The molecule has 0 aliphatic carbocycles. The van der Waals surface area contributed by atoms with Gasteiger partial charge in [-0.25, -0.2) is 9.78 Å². The van der Waals surface area contributed by atoms with Crippen molar-refractivity contribution in [3.05, 3.63) is 112 Å². The van der Waals surface area contributed by atoms with Crippen LogP contribution in [-0.2, 0) is 13.2 Å². The molecular formula is C27H19NO6. The zero-order chi connectivity index (χ0) is 23.5. The van der Waals surface area contributed by atoms with Gasteiger partial charge in [-0.05, 0) is 54.1 Å². The molecule has 2 heterocycles. The molecule has 0 radical (unpaired) electrons. The van der Waals surface area contributed by atoms with Crippen LogP contribution in [0.25, 0.3) is 21.9 Å². The summed E-state index contributed by atoms with van der Waals surface area (Å²) in [5, 5.41) is 10.5. The highest BCUT2D eigenvalue weighted by atomic mass is 16.5. The van der Waals surface area contributed by atoms with E-state index >= 15 is 0 Å². The average Bonchev–Trinajstić information content (AvgIpc) is 2.86. The van der Waals surface area contributed by atoms with Gasteiger partial charge >= 0.3 is 5.97 Å². The maximum atomic E-state index is 12.1. The number of hydrogen-bond donors (Lipinski definition) is 1. The summed E-state index contributed by atoms with van der Waals surface area (Å²) in [6.07, 6.45) is 0. The fourth-order valence-electron chi connectivity index (χ4n) is 3.54. The zero-order valence-electron chi connectivity index (χ0n) is 17.9. The number of para-hydroxylation sites is 1. The molecule has 0 amide bonds. The molecule has 3 aromatic carbocycles. The summed E-state index contributed by atoms with van der Waals surface area (Å²) in [5.41, 5.74) is 2.31. The van der Waals surface area contributed by atoms with Gasteiger partial charge in [0.25, 0.3) is 0 Å². The Balaban J connectivity index is 1.22. The number of fused-ring (bicyclic) bond motifs is 2. The van der Waals surface area contributed by atoms with Crippen molar-refractivity contribution in [3.63, 3.8) is 0 Å². The van der Waals surface area contributed by atoms with E-state index in [-0.39, 0.29) is 12.2 Å². The van der Waals surface area contributed by atoms with Gasteiger partial charge in [-0.2, -0.15) is 0 Å². The monoisotopic (exact) mass is 453 g/mol. The molecule has 5 aromatic rings. The van der Waals surface area contributed by atoms with Crippen LogP contribution >= 0.6 is 0 Å². The van der Waals surface area contributed by atoms with Crippen molar-refractivity contribution in [1.29, 1.82) is 0 Å². The Labute approximate surface area is 193 Å². The number of benzene rings is 3. The van der Waals surface area contributed by atoms with Crippen LogP contribution in [0, 0.1) is 0 Å². The molecule has 0 unspecified atom stereocenters. The Morgan fingerprint density at radius 1 is 0.853 bits per heavy atom. The van der Waals surface area contributed by atoms with Gasteiger partial charge in [0.15, 0.2) is 5.43 Å². The lowest BCUT2D eigenvalue weighted by atomic mass is 10.1. The van der Waals surface area contributed by atoms with Gasteiger partial charge in [0.2, 0.25) is 5.76 Å². The fourth-order valence-corrected chi connectivity index (χ4v) is 3.54. The average molecular weight is 453 g/mol. The van der Waals surface area contributed by atoms with Crippen LogP contribution in [0.2, 0.25) is 0 Å². The molecule has 7 heteroatoms. The zero-order valence-corrected chi connectivity index (χ0v) is 17.9. The van der Waals surface area contributed by atoms with Crippen molar-refractivity contribution >= 4 is 27.8 Å². The van der Waals surface area contributed by atoms with E-state index in [0.717, 1.165) is 28.2 Å². The second-order valence-corrected chi connectivity index (χ2v) is 7.65. The molecule has 0 saturated carbocycles. The van der Waals surface area contributed by atoms with Crippen molar-refractivity contribution in [3.8, 4) is 11.5 Å². The van der Waals surface area contributed by atoms with Crippen LogP contribution in [0.15, 0.2) is 94.1 Å². The van der Waals surface area contributed by atoms with Gasteiger partial charge in [0, 0.05) is 11.5 Å². The standard InChI is InChI=1S/C27H19NO6/c29-24-14-26(27(30)31)34-25-13-17(5-12-22(24)25)15-32-20-8-10-21(11-9-20)33-16-19-7-6-18-3-1-2-4-23(18)28-19/h1-14H,15-16H2,(H,30,31). The van der Waals surface area contributed by atoms with Crippen molar-refractivity contribution < 1.29 is 23.8 Å². The third kappa shape index (κ3) is 4.59. The molecule has 34 heavy (non-hydrogen) atoms. The predicted molar refractivity (Wildman–Crippen MR) is 126 cm³/mol. The number of carboxylic acids is 1. The minimum absolute atomic E-state index is 0.206. The first kappa shape index (κ1) is 21.2. The van der Waals surface area contributed by atoms with Crippen LogP contribution in [0.5, 0.6) is 11.5 Å². The Morgan fingerprint density at radius 3 is 2.35 bits per heavy atom. The predicted octanol–water partition coefficient (Wildman–Crippen LogP) is 5.20. The maximum Gasteiger partial charge on any atom is 0.371 e. The van der Waals surface area contributed by atoms with Crippen LogP contribution < -0.4 is 14.9 Å². The third-order valence-corrected chi connectivity index (χ3v) is 5.28. The summed E-state index contributed by atoms with van der Waals surface area (Å²) in [4.78, 5) is 27.8. The first-order chi connectivity index (χ1) is 16.5. The number of hydrogen-bond acceptors (Lipinski definition) is 6. The van der Waals surface area contributed by atoms with Crippen molar-refractivity contribution in [2.45, 2.75) is 13.2 Å². The molecule has 0 spiro atoms. The number of carbonyl (C=O) groups is 1. The van der Waals surface area contributed by atoms with Crippen LogP contribution in [0.3, 0.4) is 0 Å². The van der Waals surface area contributed by atoms with E-state index < -0.39 is 17.2 Å². The van der Waals surface area contributed by atoms with E-state index in [4.69, 9.17) is 19.0 Å². The molecule has 1 N–H and O–H groups in total. The quantitative estimate of drug-likeness (QED) is 0.362.